The lowest BCUT2D eigenvalue weighted by Crippen LogP contribution is -2.56. The predicted molar refractivity (Wildman–Crippen MR) is 84.1 cm³/mol. The first-order valence-corrected chi connectivity index (χ1v) is 8.06. The second-order valence-corrected chi connectivity index (χ2v) is 6.22. The maximum Gasteiger partial charge on any atom is 0.328 e. The van der Waals surface area contributed by atoms with Crippen LogP contribution in [0.3, 0.4) is 0 Å². The fraction of sp³-hybridized carbons (Fsp3) is 0.500. The summed E-state index contributed by atoms with van der Waals surface area (Å²) in [5, 5.41) is 0. The van der Waals surface area contributed by atoms with Crippen LogP contribution in [0.4, 0.5) is 0 Å². The highest BCUT2D eigenvalue weighted by Crippen LogP contribution is 2.51. The molecule has 1 saturated carbocycles. The molecule has 0 N–H and O–H groups in total. The van der Waals surface area contributed by atoms with Gasteiger partial charge in [-0.05, 0) is 12.0 Å². The molecule has 0 unspecified atom stereocenters. The number of hydrogen-bond acceptors (Lipinski definition) is 7. The molecule has 0 amide bonds. The molecule has 3 atom stereocenters. The standard InChI is InChI=1S/C18H20O7/c1-22-16(20)18(17(21)23-2)13-8-12(9-14(18)25-15(13)19)24-10-11-6-4-3-5-7-11/h3-7,12-14H,8-10H2,1-2H3/t12-,13-,14-/m0/s1. The van der Waals surface area contributed by atoms with Crippen molar-refractivity contribution in [1.29, 1.82) is 0 Å². The lowest BCUT2D eigenvalue weighted by molar-refractivity contribution is -0.182. The molecule has 1 aromatic carbocycles. The molecule has 1 aromatic rings. The van der Waals surface area contributed by atoms with Crippen LogP contribution in [-0.4, -0.2) is 44.3 Å². The normalized spacial score (nSPS) is 26.6. The molecule has 25 heavy (non-hydrogen) atoms. The molecule has 7 heteroatoms. The van der Waals surface area contributed by atoms with Crippen molar-refractivity contribution in [3.8, 4) is 0 Å². The summed E-state index contributed by atoms with van der Waals surface area (Å²) in [5.74, 6) is -3.16. The topological polar surface area (TPSA) is 88.1 Å². The average molecular weight is 348 g/mol. The summed E-state index contributed by atoms with van der Waals surface area (Å²) in [6.07, 6.45) is -0.811. The van der Waals surface area contributed by atoms with Gasteiger partial charge in [0.2, 0.25) is 5.41 Å². The van der Waals surface area contributed by atoms with Crippen molar-refractivity contribution in [1.82, 2.24) is 0 Å². The first-order valence-electron chi connectivity index (χ1n) is 8.06. The van der Waals surface area contributed by atoms with Crippen LogP contribution in [0.2, 0.25) is 0 Å². The Hall–Kier alpha value is -2.41. The van der Waals surface area contributed by atoms with E-state index in [1.165, 1.54) is 14.2 Å². The molecule has 0 aromatic heterocycles. The van der Waals surface area contributed by atoms with E-state index in [9.17, 15) is 14.4 Å². The van der Waals surface area contributed by atoms with Crippen molar-refractivity contribution in [2.75, 3.05) is 14.2 Å². The summed E-state index contributed by atoms with van der Waals surface area (Å²) in [7, 11) is 2.35. The highest BCUT2D eigenvalue weighted by Gasteiger charge is 2.71. The van der Waals surface area contributed by atoms with E-state index >= 15 is 0 Å². The second kappa shape index (κ2) is 6.84. The van der Waals surface area contributed by atoms with Gasteiger partial charge in [0, 0.05) is 6.42 Å². The van der Waals surface area contributed by atoms with E-state index in [0.29, 0.717) is 6.61 Å². The van der Waals surface area contributed by atoms with Crippen molar-refractivity contribution in [2.24, 2.45) is 11.3 Å². The van der Waals surface area contributed by atoms with Gasteiger partial charge in [0.15, 0.2) is 0 Å². The van der Waals surface area contributed by atoms with Crippen molar-refractivity contribution in [3.63, 3.8) is 0 Å². The molecule has 1 saturated heterocycles. The van der Waals surface area contributed by atoms with Crippen LogP contribution in [0.5, 0.6) is 0 Å². The number of methoxy groups -OCH3 is 2. The Labute approximate surface area is 145 Å². The Kier molecular flexibility index (Phi) is 4.76. The molecule has 2 bridgehead atoms. The third-order valence-corrected chi connectivity index (χ3v) is 4.95. The lowest BCUT2D eigenvalue weighted by atomic mass is 9.65. The van der Waals surface area contributed by atoms with Crippen LogP contribution in [-0.2, 0) is 39.9 Å². The van der Waals surface area contributed by atoms with Gasteiger partial charge in [-0.3, -0.25) is 14.4 Å². The Morgan fingerprint density at radius 3 is 2.32 bits per heavy atom. The highest BCUT2D eigenvalue weighted by molar-refractivity contribution is 6.07. The quantitative estimate of drug-likeness (QED) is 0.449. The summed E-state index contributed by atoms with van der Waals surface area (Å²) in [6.45, 7) is 0.378. The number of esters is 3. The van der Waals surface area contributed by atoms with Gasteiger partial charge >= 0.3 is 17.9 Å². The number of ether oxygens (including phenoxy) is 4. The van der Waals surface area contributed by atoms with Gasteiger partial charge in [-0.25, -0.2) is 0 Å². The third kappa shape index (κ3) is 2.78. The smallest absolute Gasteiger partial charge is 0.328 e. The molecule has 0 spiro atoms. The molecular formula is C18H20O7. The fourth-order valence-electron chi connectivity index (χ4n) is 3.73. The summed E-state index contributed by atoms with van der Waals surface area (Å²) >= 11 is 0. The Morgan fingerprint density at radius 1 is 1.12 bits per heavy atom. The van der Waals surface area contributed by atoms with E-state index in [-0.39, 0.29) is 18.9 Å². The van der Waals surface area contributed by atoms with Gasteiger partial charge in [0.05, 0.1) is 32.8 Å². The van der Waals surface area contributed by atoms with Gasteiger partial charge in [-0.15, -0.1) is 0 Å². The third-order valence-electron chi connectivity index (χ3n) is 4.95. The molecule has 7 nitrogen and oxygen atoms in total. The van der Waals surface area contributed by atoms with Crippen molar-refractivity contribution < 1.29 is 33.3 Å². The minimum Gasteiger partial charge on any atom is -0.468 e. The SMILES string of the molecule is COC(=O)C1(C(=O)OC)[C@@H]2C[C@@H](OCc3ccccc3)C[C@H]1C(=O)O2. The molecule has 1 aliphatic carbocycles. The van der Waals surface area contributed by atoms with Crippen LogP contribution in [0.25, 0.3) is 0 Å². The summed E-state index contributed by atoms with van der Waals surface area (Å²) in [5.41, 5.74) is -0.743. The fourth-order valence-corrected chi connectivity index (χ4v) is 3.73. The van der Waals surface area contributed by atoms with Crippen molar-refractivity contribution in [3.05, 3.63) is 35.9 Å². The lowest BCUT2D eigenvalue weighted by Gasteiger charge is -2.37. The second-order valence-electron chi connectivity index (χ2n) is 6.22. The zero-order chi connectivity index (χ0) is 18.0. The van der Waals surface area contributed by atoms with Crippen LogP contribution in [0.1, 0.15) is 18.4 Å². The zero-order valence-electron chi connectivity index (χ0n) is 14.1. The average Bonchev–Trinajstić information content (AvgIpc) is 2.80. The van der Waals surface area contributed by atoms with Gasteiger partial charge < -0.3 is 18.9 Å². The van der Waals surface area contributed by atoms with Crippen LogP contribution in [0.15, 0.2) is 30.3 Å². The van der Waals surface area contributed by atoms with Crippen LogP contribution < -0.4 is 0 Å². The molecule has 2 fully saturated rings. The van der Waals surface area contributed by atoms with E-state index in [1.807, 2.05) is 30.3 Å². The van der Waals surface area contributed by atoms with Gasteiger partial charge in [0.25, 0.3) is 0 Å². The minimum absolute atomic E-state index is 0.201. The minimum atomic E-state index is -1.74. The number of benzene rings is 1. The van der Waals surface area contributed by atoms with Gasteiger partial charge in [0.1, 0.15) is 6.10 Å². The van der Waals surface area contributed by atoms with Gasteiger partial charge in [-0.2, -0.15) is 0 Å². The molecule has 134 valence electrons. The Morgan fingerprint density at radius 2 is 1.76 bits per heavy atom. The van der Waals surface area contributed by atoms with E-state index < -0.39 is 35.3 Å². The largest absolute Gasteiger partial charge is 0.468 e. The monoisotopic (exact) mass is 348 g/mol. The van der Waals surface area contributed by atoms with E-state index in [1.54, 1.807) is 0 Å². The maximum atomic E-state index is 12.4. The van der Waals surface area contributed by atoms with Crippen molar-refractivity contribution in [2.45, 2.75) is 31.7 Å². The molecule has 1 aliphatic heterocycles. The number of hydrogen-bond donors (Lipinski definition) is 0. The summed E-state index contributed by atoms with van der Waals surface area (Å²) in [6, 6.07) is 9.61. The Bertz CT molecular complexity index is 653. The van der Waals surface area contributed by atoms with Crippen LogP contribution >= 0.6 is 0 Å². The Balaban J connectivity index is 1.80. The van der Waals surface area contributed by atoms with E-state index in [4.69, 9.17) is 18.9 Å². The summed E-state index contributed by atoms with van der Waals surface area (Å²) < 4.78 is 20.8. The highest BCUT2D eigenvalue weighted by atomic mass is 16.6. The number of carbonyl (C=O) groups is 3. The maximum absolute atomic E-state index is 12.4. The molecule has 2 aliphatic rings. The first-order chi connectivity index (χ1) is 12.0. The molecule has 3 rings (SSSR count). The van der Waals surface area contributed by atoms with Gasteiger partial charge in [-0.1, -0.05) is 30.3 Å². The molecular weight excluding hydrogens is 328 g/mol. The van der Waals surface area contributed by atoms with E-state index in [0.717, 1.165) is 5.56 Å². The van der Waals surface area contributed by atoms with E-state index in [2.05, 4.69) is 0 Å². The number of fused-ring (bicyclic) bond motifs is 2. The van der Waals surface area contributed by atoms with Crippen molar-refractivity contribution >= 4 is 17.9 Å². The van der Waals surface area contributed by atoms with Crippen LogP contribution in [0, 0.1) is 11.3 Å². The predicted octanol–water partition coefficient (Wildman–Crippen LogP) is 1.24. The molecule has 1 heterocycles. The first kappa shape index (κ1) is 17.4. The number of rotatable bonds is 5. The molecule has 0 radical (unpaired) electrons. The number of carbonyl (C=O) groups excluding carboxylic acids is 3. The zero-order valence-corrected chi connectivity index (χ0v) is 14.1. The summed E-state index contributed by atoms with van der Waals surface area (Å²) in [4.78, 5) is 37.0.